The lowest BCUT2D eigenvalue weighted by Crippen LogP contribution is -2.08. The Balaban J connectivity index is 2.12. The second-order valence-corrected chi connectivity index (χ2v) is 4.51. The van der Waals surface area contributed by atoms with Crippen LogP contribution < -0.4 is 0 Å². The highest BCUT2D eigenvalue weighted by Gasteiger charge is 2.29. The molecule has 0 saturated heterocycles. The fourth-order valence-corrected chi connectivity index (χ4v) is 1.78. The fourth-order valence-electron chi connectivity index (χ4n) is 1.78. The third-order valence-electron chi connectivity index (χ3n) is 2.85. The van der Waals surface area contributed by atoms with Gasteiger partial charge in [0.2, 0.25) is 0 Å². The minimum atomic E-state index is -4.36. The number of hydrogen-bond acceptors (Lipinski definition) is 2. The third kappa shape index (κ3) is 3.44. The van der Waals surface area contributed by atoms with Gasteiger partial charge in [-0.1, -0.05) is 12.1 Å². The molecule has 104 valence electrons. The Labute approximate surface area is 114 Å². The van der Waals surface area contributed by atoms with Crippen LogP contribution in [0.3, 0.4) is 0 Å². The van der Waals surface area contributed by atoms with Crippen LogP contribution in [0.5, 0.6) is 0 Å². The van der Waals surface area contributed by atoms with E-state index in [1.807, 2.05) is 6.92 Å². The monoisotopic (exact) mass is 279 g/mol. The highest BCUT2D eigenvalue weighted by atomic mass is 19.4. The van der Waals surface area contributed by atoms with Crippen LogP contribution in [0.4, 0.5) is 13.2 Å². The first-order chi connectivity index (χ1) is 9.36. The zero-order valence-electron chi connectivity index (χ0n) is 10.7. The summed E-state index contributed by atoms with van der Waals surface area (Å²) in [5.74, 6) is -0.214. The van der Waals surface area contributed by atoms with E-state index < -0.39 is 11.7 Å². The Morgan fingerprint density at radius 2 is 1.80 bits per heavy atom. The molecule has 0 amide bonds. The molecule has 1 aromatic carbocycles. The number of ketones is 1. The summed E-state index contributed by atoms with van der Waals surface area (Å²) in [6.45, 7) is 1.84. The Bertz CT molecular complexity index is 618. The molecule has 20 heavy (non-hydrogen) atoms. The number of hydrogen-bond donors (Lipinski definition) is 0. The molecule has 5 heteroatoms. The van der Waals surface area contributed by atoms with E-state index in [2.05, 4.69) is 4.98 Å². The number of benzene rings is 1. The van der Waals surface area contributed by atoms with E-state index in [1.165, 1.54) is 18.3 Å². The van der Waals surface area contributed by atoms with Gasteiger partial charge in [0.15, 0.2) is 5.78 Å². The number of carbonyl (C=O) groups is 1. The van der Waals surface area contributed by atoms with Gasteiger partial charge in [0.25, 0.3) is 0 Å². The average molecular weight is 279 g/mol. The molecule has 2 nitrogen and oxygen atoms in total. The first-order valence-corrected chi connectivity index (χ1v) is 5.98. The van der Waals surface area contributed by atoms with Gasteiger partial charge in [-0.2, -0.15) is 13.2 Å². The van der Waals surface area contributed by atoms with Crippen molar-refractivity contribution in [2.75, 3.05) is 0 Å². The number of aryl methyl sites for hydroxylation is 1. The highest BCUT2D eigenvalue weighted by molar-refractivity contribution is 5.95. The molecule has 0 aliphatic carbocycles. The van der Waals surface area contributed by atoms with Crippen LogP contribution in [-0.2, 0) is 12.6 Å². The molecule has 2 rings (SSSR count). The summed E-state index contributed by atoms with van der Waals surface area (Å²) in [4.78, 5) is 15.9. The van der Waals surface area contributed by atoms with Gasteiger partial charge in [-0.25, -0.2) is 0 Å². The van der Waals surface area contributed by atoms with Gasteiger partial charge in [-0.3, -0.25) is 9.78 Å². The van der Waals surface area contributed by atoms with Gasteiger partial charge in [0.1, 0.15) is 5.69 Å². The summed E-state index contributed by atoms with van der Waals surface area (Å²) in [5, 5.41) is 0. The Morgan fingerprint density at radius 3 is 2.35 bits per heavy atom. The van der Waals surface area contributed by atoms with E-state index in [4.69, 9.17) is 0 Å². The van der Waals surface area contributed by atoms with Gasteiger partial charge >= 0.3 is 6.18 Å². The predicted molar refractivity (Wildman–Crippen MR) is 68.5 cm³/mol. The van der Waals surface area contributed by atoms with E-state index in [1.54, 1.807) is 12.1 Å². The summed E-state index contributed by atoms with van der Waals surface area (Å²) in [6.07, 6.45) is -2.79. The van der Waals surface area contributed by atoms with E-state index in [9.17, 15) is 18.0 Å². The van der Waals surface area contributed by atoms with Gasteiger partial charge < -0.3 is 0 Å². The normalized spacial score (nSPS) is 11.4. The molecule has 0 bridgehead atoms. The first kappa shape index (κ1) is 14.2. The predicted octanol–water partition coefficient (Wildman–Crippen LogP) is 3.83. The highest BCUT2D eigenvalue weighted by Crippen LogP contribution is 2.29. The van der Waals surface area contributed by atoms with Crippen molar-refractivity contribution >= 4 is 5.78 Å². The standard InChI is InChI=1S/C15H12F3NO/c1-10-6-7-19-13(8-10)14(20)9-11-2-4-12(5-3-11)15(16,17)18/h2-8H,9H2,1H3. The van der Waals surface area contributed by atoms with Gasteiger partial charge in [-0.15, -0.1) is 0 Å². The quantitative estimate of drug-likeness (QED) is 0.799. The molecule has 0 fully saturated rings. The van der Waals surface area contributed by atoms with Crippen LogP contribution in [-0.4, -0.2) is 10.8 Å². The average Bonchev–Trinajstić information content (AvgIpc) is 2.38. The Hall–Kier alpha value is -2.17. The van der Waals surface area contributed by atoms with Gasteiger partial charge in [0.05, 0.1) is 5.56 Å². The third-order valence-corrected chi connectivity index (χ3v) is 2.85. The number of nitrogens with zero attached hydrogens (tertiary/aromatic N) is 1. The van der Waals surface area contributed by atoms with Crippen molar-refractivity contribution < 1.29 is 18.0 Å². The number of halogens is 3. The number of rotatable bonds is 3. The largest absolute Gasteiger partial charge is 0.416 e. The molecule has 1 aromatic heterocycles. The molecular formula is C15H12F3NO. The molecule has 0 saturated carbocycles. The van der Waals surface area contributed by atoms with Crippen molar-refractivity contribution in [1.82, 2.24) is 4.98 Å². The van der Waals surface area contributed by atoms with Gasteiger partial charge in [-0.05, 0) is 42.3 Å². The summed E-state index contributed by atoms with van der Waals surface area (Å²) in [6, 6.07) is 8.02. The van der Waals surface area contributed by atoms with Crippen LogP contribution in [0.15, 0.2) is 42.6 Å². The Kier molecular flexibility index (Phi) is 3.88. The van der Waals surface area contributed by atoms with Crippen molar-refractivity contribution in [1.29, 1.82) is 0 Å². The van der Waals surface area contributed by atoms with E-state index >= 15 is 0 Å². The summed E-state index contributed by atoms with van der Waals surface area (Å²) < 4.78 is 37.2. The van der Waals surface area contributed by atoms with Crippen molar-refractivity contribution in [2.45, 2.75) is 19.5 Å². The minimum absolute atomic E-state index is 0.0363. The van der Waals surface area contributed by atoms with Crippen LogP contribution in [0.1, 0.15) is 27.2 Å². The summed E-state index contributed by atoms with van der Waals surface area (Å²) >= 11 is 0. The van der Waals surface area contributed by atoms with E-state index in [-0.39, 0.29) is 12.2 Å². The molecule has 0 radical (unpaired) electrons. The summed E-state index contributed by atoms with van der Waals surface area (Å²) in [5.41, 5.74) is 1.05. The number of carbonyl (C=O) groups excluding carboxylic acids is 1. The fraction of sp³-hybridized carbons (Fsp3) is 0.200. The molecule has 0 spiro atoms. The van der Waals surface area contributed by atoms with Crippen molar-refractivity contribution in [2.24, 2.45) is 0 Å². The molecular weight excluding hydrogens is 267 g/mol. The second-order valence-electron chi connectivity index (χ2n) is 4.51. The van der Waals surface area contributed by atoms with Crippen molar-refractivity contribution in [3.05, 3.63) is 65.0 Å². The van der Waals surface area contributed by atoms with Crippen molar-refractivity contribution in [3.8, 4) is 0 Å². The molecule has 0 atom stereocenters. The zero-order chi connectivity index (χ0) is 14.8. The van der Waals surface area contributed by atoms with E-state index in [0.29, 0.717) is 11.3 Å². The molecule has 1 heterocycles. The number of pyridine rings is 1. The minimum Gasteiger partial charge on any atom is -0.292 e. The number of alkyl halides is 3. The lowest BCUT2D eigenvalue weighted by Gasteiger charge is -2.07. The smallest absolute Gasteiger partial charge is 0.292 e. The van der Waals surface area contributed by atoms with Crippen LogP contribution in [0.25, 0.3) is 0 Å². The topological polar surface area (TPSA) is 30.0 Å². The van der Waals surface area contributed by atoms with Crippen LogP contribution in [0, 0.1) is 6.92 Å². The molecule has 0 aliphatic heterocycles. The van der Waals surface area contributed by atoms with E-state index in [0.717, 1.165) is 17.7 Å². The maximum Gasteiger partial charge on any atom is 0.416 e. The second kappa shape index (κ2) is 5.45. The lowest BCUT2D eigenvalue weighted by molar-refractivity contribution is -0.137. The van der Waals surface area contributed by atoms with Crippen LogP contribution in [0.2, 0.25) is 0 Å². The molecule has 0 unspecified atom stereocenters. The summed E-state index contributed by atoms with van der Waals surface area (Å²) in [7, 11) is 0. The zero-order valence-corrected chi connectivity index (χ0v) is 10.7. The Morgan fingerprint density at radius 1 is 1.15 bits per heavy atom. The number of Topliss-reactive ketones (excluding diaryl/α,β-unsaturated/α-hetero) is 1. The van der Waals surface area contributed by atoms with Crippen LogP contribution >= 0.6 is 0 Å². The molecule has 0 aliphatic rings. The first-order valence-electron chi connectivity index (χ1n) is 5.98. The van der Waals surface area contributed by atoms with Crippen molar-refractivity contribution in [3.63, 3.8) is 0 Å². The lowest BCUT2D eigenvalue weighted by atomic mass is 10.0. The number of aromatic nitrogens is 1. The molecule has 2 aromatic rings. The molecule has 0 N–H and O–H groups in total. The van der Waals surface area contributed by atoms with Gasteiger partial charge in [0, 0.05) is 12.6 Å². The maximum absolute atomic E-state index is 12.4. The SMILES string of the molecule is Cc1ccnc(C(=O)Cc2ccc(C(F)(F)F)cc2)c1. The maximum atomic E-state index is 12.4.